The Bertz CT molecular complexity index is 459. The van der Waals surface area contributed by atoms with Gasteiger partial charge in [-0.15, -0.1) is 0 Å². The molecule has 0 aliphatic rings. The summed E-state index contributed by atoms with van der Waals surface area (Å²) in [5, 5.41) is 12.8. The first kappa shape index (κ1) is 13.6. The van der Waals surface area contributed by atoms with Gasteiger partial charge in [-0.1, -0.05) is 18.5 Å². The zero-order chi connectivity index (χ0) is 13.0. The summed E-state index contributed by atoms with van der Waals surface area (Å²) in [5.74, 6) is 0. The topological polar surface area (TPSA) is 29.9 Å². The van der Waals surface area contributed by atoms with Crippen LogP contribution in [0, 0.1) is 0 Å². The Balaban J connectivity index is 2.19. The van der Waals surface area contributed by atoms with Crippen LogP contribution in [0.25, 0.3) is 0 Å². The Kier molecular flexibility index (Phi) is 4.80. The Morgan fingerprint density at radius 3 is 2.94 bits per heavy atom. The molecule has 2 aromatic heterocycles. The van der Waals surface area contributed by atoms with Gasteiger partial charge in [0.05, 0.1) is 23.0 Å². The van der Waals surface area contributed by atoms with Crippen LogP contribution in [0.1, 0.15) is 30.6 Å². The molecule has 0 aliphatic heterocycles. The number of hydrogen-bond acceptors (Lipinski definition) is 3. The van der Waals surface area contributed by atoms with Crippen LogP contribution in [-0.2, 0) is 13.5 Å². The Morgan fingerprint density at radius 1 is 1.56 bits per heavy atom. The molecule has 0 spiro atoms. The van der Waals surface area contributed by atoms with Gasteiger partial charge in [0.25, 0.3) is 0 Å². The Labute approximate surface area is 117 Å². The molecule has 2 aromatic rings. The molecule has 0 saturated carbocycles. The minimum absolute atomic E-state index is 0.222. The van der Waals surface area contributed by atoms with Crippen molar-refractivity contribution in [1.82, 2.24) is 15.1 Å². The van der Waals surface area contributed by atoms with E-state index in [9.17, 15) is 0 Å². The van der Waals surface area contributed by atoms with Gasteiger partial charge in [0, 0.05) is 7.05 Å². The van der Waals surface area contributed by atoms with Crippen LogP contribution in [-0.4, -0.2) is 16.3 Å². The average molecular weight is 284 g/mol. The number of aromatic nitrogens is 2. The summed E-state index contributed by atoms with van der Waals surface area (Å²) < 4.78 is 1.86. The summed E-state index contributed by atoms with van der Waals surface area (Å²) in [6.07, 6.45) is 3.77. The van der Waals surface area contributed by atoms with Gasteiger partial charge in [-0.2, -0.15) is 16.4 Å². The number of halogens is 1. The third-order valence-corrected chi connectivity index (χ3v) is 3.95. The molecule has 1 atom stereocenters. The smallest absolute Gasteiger partial charge is 0.0834 e. The number of rotatable bonds is 6. The van der Waals surface area contributed by atoms with E-state index in [1.165, 1.54) is 5.56 Å². The van der Waals surface area contributed by atoms with Crippen molar-refractivity contribution in [3.8, 4) is 0 Å². The van der Waals surface area contributed by atoms with Crippen LogP contribution in [0.3, 0.4) is 0 Å². The quantitative estimate of drug-likeness (QED) is 0.880. The van der Waals surface area contributed by atoms with Crippen molar-refractivity contribution in [2.24, 2.45) is 7.05 Å². The van der Waals surface area contributed by atoms with Crippen LogP contribution in [0.15, 0.2) is 23.0 Å². The van der Waals surface area contributed by atoms with Crippen molar-refractivity contribution in [3.63, 3.8) is 0 Å². The lowest BCUT2D eigenvalue weighted by Gasteiger charge is -2.19. The van der Waals surface area contributed by atoms with Gasteiger partial charge in [0.2, 0.25) is 0 Å². The van der Waals surface area contributed by atoms with Crippen molar-refractivity contribution >= 4 is 22.9 Å². The van der Waals surface area contributed by atoms with Crippen LogP contribution >= 0.6 is 22.9 Å². The highest BCUT2D eigenvalue weighted by Gasteiger charge is 2.19. The first-order chi connectivity index (χ1) is 8.72. The summed E-state index contributed by atoms with van der Waals surface area (Å²) in [4.78, 5) is 0. The second-order valence-corrected chi connectivity index (χ2v) is 5.53. The van der Waals surface area contributed by atoms with Gasteiger partial charge in [0.1, 0.15) is 0 Å². The molecule has 0 amide bonds. The maximum Gasteiger partial charge on any atom is 0.0834 e. The second-order valence-electron chi connectivity index (χ2n) is 4.34. The summed E-state index contributed by atoms with van der Waals surface area (Å²) >= 11 is 7.97. The van der Waals surface area contributed by atoms with E-state index in [0.717, 1.165) is 30.1 Å². The largest absolute Gasteiger partial charge is 0.308 e. The predicted octanol–water partition coefficient (Wildman–Crippen LogP) is 3.42. The van der Waals surface area contributed by atoms with E-state index in [4.69, 9.17) is 11.6 Å². The molecule has 0 aliphatic carbocycles. The van der Waals surface area contributed by atoms with E-state index < -0.39 is 0 Å². The Morgan fingerprint density at radius 2 is 2.39 bits per heavy atom. The average Bonchev–Trinajstić information content (AvgIpc) is 2.96. The third kappa shape index (κ3) is 3.13. The molecule has 1 N–H and O–H groups in total. The highest BCUT2D eigenvalue weighted by molar-refractivity contribution is 7.07. The van der Waals surface area contributed by atoms with Crippen molar-refractivity contribution in [1.29, 1.82) is 0 Å². The zero-order valence-corrected chi connectivity index (χ0v) is 12.3. The number of nitrogens with one attached hydrogen (secondary N) is 1. The van der Waals surface area contributed by atoms with E-state index in [1.807, 2.05) is 11.7 Å². The van der Waals surface area contributed by atoms with Crippen LogP contribution in [0.4, 0.5) is 0 Å². The van der Waals surface area contributed by atoms with Gasteiger partial charge in [-0.25, -0.2) is 0 Å². The molecule has 0 radical (unpaired) electrons. The van der Waals surface area contributed by atoms with E-state index in [-0.39, 0.29) is 6.04 Å². The molecular weight excluding hydrogens is 266 g/mol. The molecule has 98 valence electrons. The second kappa shape index (κ2) is 6.36. The predicted molar refractivity (Wildman–Crippen MR) is 77.3 cm³/mol. The number of hydrogen-bond donors (Lipinski definition) is 1. The van der Waals surface area contributed by atoms with Gasteiger partial charge in [-0.05, 0) is 41.8 Å². The zero-order valence-electron chi connectivity index (χ0n) is 10.7. The highest BCUT2D eigenvalue weighted by atomic mass is 35.5. The lowest BCUT2D eigenvalue weighted by Crippen LogP contribution is -2.26. The summed E-state index contributed by atoms with van der Waals surface area (Å²) in [6, 6.07) is 2.38. The van der Waals surface area contributed by atoms with Crippen molar-refractivity contribution in [2.75, 3.05) is 6.54 Å². The summed E-state index contributed by atoms with van der Waals surface area (Å²) in [7, 11) is 1.94. The summed E-state index contributed by atoms with van der Waals surface area (Å²) in [6.45, 7) is 3.15. The Hall–Kier alpha value is -0.840. The SMILES string of the molecule is CCCNC(Cc1ccsc1)c1c(Cl)cnn1C. The number of aryl methyl sites for hydroxylation is 1. The highest BCUT2D eigenvalue weighted by Crippen LogP contribution is 2.25. The molecule has 1 unspecified atom stereocenters. The van der Waals surface area contributed by atoms with Crippen molar-refractivity contribution < 1.29 is 0 Å². The number of nitrogens with zero attached hydrogens (tertiary/aromatic N) is 2. The van der Waals surface area contributed by atoms with E-state index in [1.54, 1.807) is 17.5 Å². The summed E-state index contributed by atoms with van der Waals surface area (Å²) in [5.41, 5.74) is 2.40. The van der Waals surface area contributed by atoms with Gasteiger partial charge < -0.3 is 5.32 Å². The molecule has 0 aromatic carbocycles. The maximum absolute atomic E-state index is 6.24. The van der Waals surface area contributed by atoms with Gasteiger partial charge in [-0.3, -0.25) is 4.68 Å². The van der Waals surface area contributed by atoms with Gasteiger partial charge >= 0.3 is 0 Å². The molecule has 5 heteroatoms. The third-order valence-electron chi connectivity index (χ3n) is 2.93. The minimum atomic E-state index is 0.222. The van der Waals surface area contributed by atoms with Gasteiger partial charge in [0.15, 0.2) is 0 Å². The lowest BCUT2D eigenvalue weighted by molar-refractivity contribution is 0.494. The molecule has 2 heterocycles. The van der Waals surface area contributed by atoms with Crippen LogP contribution < -0.4 is 5.32 Å². The standard InChI is InChI=1S/C13H18ClN3S/c1-3-5-15-12(7-10-4-6-18-9-10)13-11(14)8-16-17(13)2/h4,6,8-9,12,15H,3,5,7H2,1-2H3. The normalized spacial score (nSPS) is 12.8. The minimum Gasteiger partial charge on any atom is -0.308 e. The van der Waals surface area contributed by atoms with Crippen LogP contribution in [0.5, 0.6) is 0 Å². The van der Waals surface area contributed by atoms with Crippen molar-refractivity contribution in [3.05, 3.63) is 39.3 Å². The molecule has 0 bridgehead atoms. The molecule has 3 nitrogen and oxygen atoms in total. The fourth-order valence-electron chi connectivity index (χ4n) is 2.04. The monoisotopic (exact) mass is 283 g/mol. The molecular formula is C13H18ClN3S. The molecule has 0 fully saturated rings. The van der Waals surface area contributed by atoms with Crippen LogP contribution in [0.2, 0.25) is 5.02 Å². The van der Waals surface area contributed by atoms with E-state index in [0.29, 0.717) is 0 Å². The molecule has 18 heavy (non-hydrogen) atoms. The molecule has 2 rings (SSSR count). The molecule has 0 saturated heterocycles. The van der Waals surface area contributed by atoms with Crippen molar-refractivity contribution in [2.45, 2.75) is 25.8 Å². The number of thiophene rings is 1. The van der Waals surface area contributed by atoms with E-state index >= 15 is 0 Å². The first-order valence-electron chi connectivity index (χ1n) is 6.14. The lowest BCUT2D eigenvalue weighted by atomic mass is 10.1. The first-order valence-corrected chi connectivity index (χ1v) is 7.46. The van der Waals surface area contributed by atoms with E-state index in [2.05, 4.69) is 34.2 Å². The fourth-order valence-corrected chi connectivity index (χ4v) is 3.02. The maximum atomic E-state index is 6.24. The fraction of sp³-hybridized carbons (Fsp3) is 0.462.